The minimum absolute atomic E-state index is 0.128. The molecule has 1 aromatic carbocycles. The van der Waals surface area contributed by atoms with E-state index in [4.69, 9.17) is 5.73 Å². The van der Waals surface area contributed by atoms with Crippen molar-refractivity contribution in [2.24, 2.45) is 5.73 Å². The number of amides is 3. The number of carbonyl (C=O) groups excluding carboxylic acids is 3. The molecule has 3 heterocycles. The van der Waals surface area contributed by atoms with E-state index in [9.17, 15) is 14.4 Å². The number of rotatable bonds is 2. The van der Waals surface area contributed by atoms with Crippen molar-refractivity contribution >= 4 is 23.4 Å². The highest BCUT2D eigenvalue weighted by Gasteiger charge is 2.39. The monoisotopic (exact) mass is 386 g/mol. The first-order valence-corrected chi connectivity index (χ1v) is 10.2. The normalized spacial score (nSPS) is 22.5. The largest absolute Gasteiger partial charge is 0.371 e. The SMILES string of the molecule is CCC.NC1CCN(c2ccc3c(c2)CN(C2CCC(=O)NC2=O)C3=O)CC1. The van der Waals surface area contributed by atoms with Gasteiger partial charge in [0.05, 0.1) is 0 Å². The van der Waals surface area contributed by atoms with Gasteiger partial charge in [-0.1, -0.05) is 20.3 Å². The smallest absolute Gasteiger partial charge is 0.255 e. The molecule has 2 fully saturated rings. The Morgan fingerprint density at radius 3 is 2.43 bits per heavy atom. The molecule has 3 N–H and O–H groups in total. The fourth-order valence-electron chi connectivity index (χ4n) is 3.92. The molecule has 3 amide bonds. The van der Waals surface area contributed by atoms with Gasteiger partial charge in [-0.3, -0.25) is 19.7 Å². The molecule has 28 heavy (non-hydrogen) atoms. The second kappa shape index (κ2) is 8.73. The number of carbonyl (C=O) groups is 3. The molecule has 4 rings (SSSR count). The summed E-state index contributed by atoms with van der Waals surface area (Å²) in [6.07, 6.45) is 3.86. The topological polar surface area (TPSA) is 95.7 Å². The van der Waals surface area contributed by atoms with Gasteiger partial charge in [-0.2, -0.15) is 0 Å². The van der Waals surface area contributed by atoms with Crippen molar-refractivity contribution in [2.45, 2.75) is 64.6 Å². The summed E-state index contributed by atoms with van der Waals surface area (Å²) in [4.78, 5) is 40.0. The Bertz CT molecular complexity index is 756. The van der Waals surface area contributed by atoms with Crippen LogP contribution in [-0.4, -0.2) is 47.8 Å². The van der Waals surface area contributed by atoms with Crippen molar-refractivity contribution in [3.63, 3.8) is 0 Å². The van der Waals surface area contributed by atoms with Gasteiger partial charge in [0.25, 0.3) is 5.91 Å². The Morgan fingerprint density at radius 2 is 1.79 bits per heavy atom. The van der Waals surface area contributed by atoms with Crippen LogP contribution in [0.5, 0.6) is 0 Å². The number of benzene rings is 1. The lowest BCUT2D eigenvalue weighted by Crippen LogP contribution is -2.52. The highest BCUT2D eigenvalue weighted by Crippen LogP contribution is 2.31. The van der Waals surface area contributed by atoms with Crippen LogP contribution in [0.1, 0.15) is 61.9 Å². The van der Waals surface area contributed by atoms with Gasteiger partial charge < -0.3 is 15.5 Å². The van der Waals surface area contributed by atoms with Gasteiger partial charge in [0, 0.05) is 43.3 Å². The lowest BCUT2D eigenvalue weighted by Gasteiger charge is -2.32. The summed E-state index contributed by atoms with van der Waals surface area (Å²) in [5, 5.41) is 2.33. The zero-order valence-electron chi connectivity index (χ0n) is 16.7. The quantitative estimate of drug-likeness (QED) is 0.756. The van der Waals surface area contributed by atoms with Gasteiger partial charge >= 0.3 is 0 Å². The summed E-state index contributed by atoms with van der Waals surface area (Å²) in [6, 6.07) is 5.59. The van der Waals surface area contributed by atoms with E-state index in [-0.39, 0.29) is 30.2 Å². The highest BCUT2D eigenvalue weighted by molar-refractivity contribution is 6.05. The van der Waals surface area contributed by atoms with Crippen molar-refractivity contribution in [1.29, 1.82) is 0 Å². The average Bonchev–Trinajstić information content (AvgIpc) is 2.99. The minimum Gasteiger partial charge on any atom is -0.371 e. The molecule has 0 aromatic heterocycles. The van der Waals surface area contributed by atoms with Gasteiger partial charge in [-0.25, -0.2) is 0 Å². The summed E-state index contributed by atoms with van der Waals surface area (Å²) in [5.74, 6) is -0.768. The summed E-state index contributed by atoms with van der Waals surface area (Å²) in [7, 11) is 0. The number of hydrogen-bond acceptors (Lipinski definition) is 5. The summed E-state index contributed by atoms with van der Waals surface area (Å²) >= 11 is 0. The maximum Gasteiger partial charge on any atom is 0.255 e. The van der Waals surface area contributed by atoms with Gasteiger partial charge in [-0.15, -0.1) is 0 Å². The number of nitrogens with two attached hydrogens (primary N) is 1. The number of anilines is 1. The molecule has 3 aliphatic heterocycles. The molecular formula is C21H30N4O3. The zero-order valence-corrected chi connectivity index (χ0v) is 16.7. The first-order valence-electron chi connectivity index (χ1n) is 10.2. The molecule has 2 saturated heterocycles. The fraction of sp³-hybridized carbons (Fsp3) is 0.571. The molecule has 152 valence electrons. The van der Waals surface area contributed by atoms with Crippen LogP contribution in [0.15, 0.2) is 18.2 Å². The summed E-state index contributed by atoms with van der Waals surface area (Å²) in [5.41, 5.74) is 8.67. The van der Waals surface area contributed by atoms with E-state index in [1.807, 2.05) is 12.1 Å². The molecule has 3 aliphatic rings. The molecule has 1 aromatic rings. The van der Waals surface area contributed by atoms with Gasteiger partial charge in [0.1, 0.15) is 6.04 Å². The maximum absolute atomic E-state index is 12.7. The second-order valence-corrected chi connectivity index (χ2v) is 7.77. The average molecular weight is 386 g/mol. The molecule has 7 heteroatoms. The third kappa shape index (κ3) is 4.19. The van der Waals surface area contributed by atoms with Crippen LogP contribution >= 0.6 is 0 Å². The first kappa shape index (κ1) is 20.3. The molecule has 1 unspecified atom stereocenters. The minimum atomic E-state index is -0.561. The number of piperidine rings is 2. The van der Waals surface area contributed by atoms with Crippen LogP contribution in [0.4, 0.5) is 5.69 Å². The first-order chi connectivity index (χ1) is 13.4. The van der Waals surface area contributed by atoms with E-state index in [1.54, 1.807) is 4.90 Å². The molecule has 0 radical (unpaired) electrons. The maximum atomic E-state index is 12.7. The van der Waals surface area contributed by atoms with Crippen LogP contribution in [-0.2, 0) is 16.1 Å². The summed E-state index contributed by atoms with van der Waals surface area (Å²) in [6.45, 7) is 6.51. The Labute approximate surface area is 166 Å². The van der Waals surface area contributed by atoms with Crippen LogP contribution in [0.3, 0.4) is 0 Å². The van der Waals surface area contributed by atoms with Crippen LogP contribution in [0.25, 0.3) is 0 Å². The highest BCUT2D eigenvalue weighted by atomic mass is 16.2. The predicted octanol–water partition coefficient (Wildman–Crippen LogP) is 1.79. The van der Waals surface area contributed by atoms with E-state index >= 15 is 0 Å². The predicted molar refractivity (Wildman–Crippen MR) is 108 cm³/mol. The van der Waals surface area contributed by atoms with Gasteiger partial charge in [0.15, 0.2) is 0 Å². The van der Waals surface area contributed by atoms with Crippen molar-refractivity contribution in [1.82, 2.24) is 10.2 Å². The number of nitrogens with one attached hydrogen (secondary N) is 1. The Hall–Kier alpha value is -2.41. The lowest BCUT2D eigenvalue weighted by molar-refractivity contribution is -0.136. The summed E-state index contributed by atoms with van der Waals surface area (Å²) < 4.78 is 0. The molecule has 0 saturated carbocycles. The third-order valence-corrected chi connectivity index (χ3v) is 5.41. The van der Waals surface area contributed by atoms with E-state index in [2.05, 4.69) is 30.1 Å². The van der Waals surface area contributed by atoms with Crippen molar-refractivity contribution in [2.75, 3.05) is 18.0 Å². The lowest BCUT2D eigenvalue weighted by atomic mass is 10.0. The van der Waals surface area contributed by atoms with Crippen molar-refractivity contribution in [3.05, 3.63) is 29.3 Å². The van der Waals surface area contributed by atoms with E-state index in [0.717, 1.165) is 37.2 Å². The second-order valence-electron chi connectivity index (χ2n) is 7.77. The molecule has 0 bridgehead atoms. The van der Waals surface area contributed by atoms with E-state index < -0.39 is 6.04 Å². The van der Waals surface area contributed by atoms with E-state index in [1.165, 1.54) is 6.42 Å². The van der Waals surface area contributed by atoms with Crippen molar-refractivity contribution in [3.8, 4) is 0 Å². The van der Waals surface area contributed by atoms with Gasteiger partial charge in [-0.05, 0) is 43.0 Å². The number of fused-ring (bicyclic) bond motifs is 1. The Kier molecular flexibility index (Phi) is 6.34. The molecular weight excluding hydrogens is 356 g/mol. The van der Waals surface area contributed by atoms with Crippen molar-refractivity contribution < 1.29 is 14.4 Å². The van der Waals surface area contributed by atoms with Crippen LogP contribution in [0, 0.1) is 0 Å². The third-order valence-electron chi connectivity index (χ3n) is 5.41. The van der Waals surface area contributed by atoms with Gasteiger partial charge in [0.2, 0.25) is 11.8 Å². The standard InChI is InChI=1S/C18H22N4O3.C3H8/c19-12-5-7-21(8-6-12)13-1-2-14-11(9-13)10-22(18(14)25)15-3-4-16(23)20-17(15)24;1-3-2/h1-2,9,12,15H,3-8,10,19H2,(H,20,23,24);3H2,1-2H3. The zero-order chi connectivity index (χ0) is 20.3. The molecule has 7 nitrogen and oxygen atoms in total. The number of nitrogens with zero attached hydrogens (tertiary/aromatic N) is 2. The Morgan fingerprint density at radius 1 is 1.11 bits per heavy atom. The number of hydrogen-bond donors (Lipinski definition) is 2. The molecule has 1 atom stereocenters. The molecule has 0 aliphatic carbocycles. The van der Waals surface area contributed by atoms with E-state index in [0.29, 0.717) is 18.5 Å². The number of imide groups is 1. The molecule has 0 spiro atoms. The van der Waals surface area contributed by atoms with Crippen LogP contribution < -0.4 is 16.0 Å². The Balaban J connectivity index is 0.000000706. The van der Waals surface area contributed by atoms with Crippen LogP contribution in [0.2, 0.25) is 0 Å². The fourth-order valence-corrected chi connectivity index (χ4v) is 3.92.